The van der Waals surface area contributed by atoms with Crippen LogP contribution in [0.15, 0.2) is 48.7 Å². The van der Waals surface area contributed by atoms with E-state index in [9.17, 15) is 4.79 Å². The van der Waals surface area contributed by atoms with Crippen molar-refractivity contribution in [3.05, 3.63) is 54.4 Å². The number of H-pyrrole nitrogens is 1. The molecule has 0 saturated carbocycles. The third-order valence-electron chi connectivity index (χ3n) is 5.29. The van der Waals surface area contributed by atoms with Crippen LogP contribution in [0.4, 0.5) is 5.82 Å². The van der Waals surface area contributed by atoms with Crippen molar-refractivity contribution >= 4 is 22.8 Å². The van der Waals surface area contributed by atoms with E-state index < -0.39 is 0 Å². The minimum atomic E-state index is -0.169. The molecular formula is C23H25N7O2. The predicted molar refractivity (Wildman–Crippen MR) is 122 cm³/mol. The maximum Gasteiger partial charge on any atom is 0.267 e. The molecule has 9 nitrogen and oxygen atoms in total. The van der Waals surface area contributed by atoms with Crippen LogP contribution in [-0.2, 0) is 4.74 Å². The molecule has 3 aromatic heterocycles. The number of nitrogens with zero attached hydrogens (tertiary/aromatic N) is 5. The van der Waals surface area contributed by atoms with E-state index in [4.69, 9.17) is 14.7 Å². The molecule has 5 rings (SSSR count). The van der Waals surface area contributed by atoms with Gasteiger partial charge in [-0.15, -0.1) is 0 Å². The minimum absolute atomic E-state index is 0.0368. The first kappa shape index (κ1) is 20.2. The van der Waals surface area contributed by atoms with Gasteiger partial charge in [0.1, 0.15) is 11.2 Å². The van der Waals surface area contributed by atoms with E-state index >= 15 is 0 Å². The smallest absolute Gasteiger partial charge is 0.267 e. The molecule has 4 heterocycles. The maximum absolute atomic E-state index is 12.6. The Morgan fingerprint density at radius 2 is 1.91 bits per heavy atom. The van der Waals surface area contributed by atoms with Crippen molar-refractivity contribution in [1.29, 1.82) is 0 Å². The lowest BCUT2D eigenvalue weighted by molar-refractivity contribution is 0.0939. The third kappa shape index (κ3) is 3.94. The van der Waals surface area contributed by atoms with Crippen LogP contribution in [0.5, 0.6) is 0 Å². The maximum atomic E-state index is 12.6. The highest BCUT2D eigenvalue weighted by Gasteiger charge is 2.22. The summed E-state index contributed by atoms with van der Waals surface area (Å²) in [5.74, 6) is 1.03. The Morgan fingerprint density at radius 1 is 1.12 bits per heavy atom. The van der Waals surface area contributed by atoms with Crippen LogP contribution in [-0.4, -0.2) is 63.0 Å². The van der Waals surface area contributed by atoms with Gasteiger partial charge in [0.25, 0.3) is 11.9 Å². The summed E-state index contributed by atoms with van der Waals surface area (Å²) < 4.78 is 7.18. The average molecular weight is 432 g/mol. The molecule has 0 radical (unpaired) electrons. The molecule has 9 heteroatoms. The van der Waals surface area contributed by atoms with Crippen molar-refractivity contribution in [3.63, 3.8) is 0 Å². The number of rotatable bonds is 5. The SMILES string of the molecule is CC(C)NC(=O)c1cc2nc(-n3ccc(-c4ccccc4)n3)nc(N3CCOCC3)c2[nH]1. The summed E-state index contributed by atoms with van der Waals surface area (Å²) in [5.41, 5.74) is 3.73. The number of hydrogen-bond acceptors (Lipinski definition) is 6. The molecule has 1 aliphatic rings. The molecule has 0 aliphatic carbocycles. The quantitative estimate of drug-likeness (QED) is 0.504. The van der Waals surface area contributed by atoms with Gasteiger partial charge in [-0.25, -0.2) is 9.67 Å². The zero-order valence-electron chi connectivity index (χ0n) is 18.1. The Labute approximate surface area is 185 Å². The van der Waals surface area contributed by atoms with Gasteiger partial charge in [-0.3, -0.25) is 4.79 Å². The fourth-order valence-electron chi connectivity index (χ4n) is 3.75. The van der Waals surface area contributed by atoms with Gasteiger partial charge in [-0.2, -0.15) is 10.1 Å². The average Bonchev–Trinajstić information content (AvgIpc) is 3.47. The Kier molecular flexibility index (Phi) is 5.32. The van der Waals surface area contributed by atoms with Crippen molar-refractivity contribution in [1.82, 2.24) is 30.0 Å². The van der Waals surface area contributed by atoms with E-state index in [-0.39, 0.29) is 11.9 Å². The van der Waals surface area contributed by atoms with Gasteiger partial charge in [-0.05, 0) is 26.0 Å². The summed E-state index contributed by atoms with van der Waals surface area (Å²) >= 11 is 0. The second-order valence-electron chi connectivity index (χ2n) is 8.03. The standard InChI is InChI=1S/C23H25N7O2/c1-15(2)24-22(31)19-14-18-20(25-19)21(29-10-12-32-13-11-29)27-23(26-18)30-9-8-17(28-30)16-6-4-3-5-7-16/h3-9,14-15,25H,10-13H2,1-2H3,(H,24,31). The minimum Gasteiger partial charge on any atom is -0.378 e. The number of ether oxygens (including phenoxy) is 1. The lowest BCUT2D eigenvalue weighted by atomic mass is 10.2. The van der Waals surface area contributed by atoms with Crippen LogP contribution in [0, 0.1) is 0 Å². The van der Waals surface area contributed by atoms with Gasteiger partial charge in [0.05, 0.1) is 24.4 Å². The molecule has 1 fully saturated rings. The molecule has 0 atom stereocenters. The Balaban J connectivity index is 1.59. The number of aromatic amines is 1. The molecule has 1 saturated heterocycles. The van der Waals surface area contributed by atoms with Gasteiger partial charge in [0.15, 0.2) is 5.82 Å². The number of nitrogens with one attached hydrogen (secondary N) is 2. The van der Waals surface area contributed by atoms with Crippen LogP contribution < -0.4 is 10.2 Å². The van der Waals surface area contributed by atoms with Crippen LogP contribution in [0.25, 0.3) is 28.2 Å². The van der Waals surface area contributed by atoms with Gasteiger partial charge in [0.2, 0.25) is 0 Å². The molecule has 164 valence electrons. The second-order valence-corrected chi connectivity index (χ2v) is 8.03. The van der Waals surface area contributed by atoms with Gasteiger partial charge in [0, 0.05) is 30.9 Å². The second kappa shape index (κ2) is 8.43. The summed E-state index contributed by atoms with van der Waals surface area (Å²) in [4.78, 5) is 27.5. The number of amides is 1. The van der Waals surface area contributed by atoms with E-state index in [2.05, 4.69) is 20.3 Å². The molecule has 0 unspecified atom stereocenters. The molecule has 1 aliphatic heterocycles. The highest BCUT2D eigenvalue weighted by atomic mass is 16.5. The monoisotopic (exact) mass is 431 g/mol. The molecule has 1 aromatic carbocycles. The molecule has 0 spiro atoms. The number of fused-ring (bicyclic) bond motifs is 1. The number of anilines is 1. The number of carbonyl (C=O) groups is 1. The number of carbonyl (C=O) groups excluding carboxylic acids is 1. The fourth-order valence-corrected chi connectivity index (χ4v) is 3.75. The molecule has 4 aromatic rings. The highest BCUT2D eigenvalue weighted by molar-refractivity contribution is 5.99. The molecule has 2 N–H and O–H groups in total. The molecular weight excluding hydrogens is 406 g/mol. The zero-order chi connectivity index (χ0) is 22.1. The Morgan fingerprint density at radius 3 is 2.66 bits per heavy atom. The lowest BCUT2D eigenvalue weighted by Gasteiger charge is -2.28. The summed E-state index contributed by atoms with van der Waals surface area (Å²) in [7, 11) is 0. The molecule has 1 amide bonds. The Bertz CT molecular complexity index is 1240. The predicted octanol–water partition coefficient (Wildman–Crippen LogP) is 2.79. The van der Waals surface area contributed by atoms with Crippen molar-refractivity contribution in [2.75, 3.05) is 31.2 Å². The van der Waals surface area contributed by atoms with E-state index in [1.165, 1.54) is 0 Å². The summed E-state index contributed by atoms with van der Waals surface area (Å²) in [6.07, 6.45) is 1.85. The first-order chi connectivity index (χ1) is 15.6. The molecule has 32 heavy (non-hydrogen) atoms. The summed E-state index contributed by atoms with van der Waals surface area (Å²) in [6.45, 7) is 6.54. The molecule has 0 bridgehead atoms. The van der Waals surface area contributed by atoms with Crippen LogP contribution in [0.1, 0.15) is 24.3 Å². The number of hydrogen-bond donors (Lipinski definition) is 2. The largest absolute Gasteiger partial charge is 0.378 e. The van der Waals surface area contributed by atoms with Gasteiger partial charge >= 0.3 is 0 Å². The topological polar surface area (TPSA) is 101 Å². The fraction of sp³-hybridized carbons (Fsp3) is 0.304. The van der Waals surface area contributed by atoms with Gasteiger partial charge < -0.3 is 19.9 Å². The van der Waals surface area contributed by atoms with Gasteiger partial charge in [-0.1, -0.05) is 30.3 Å². The third-order valence-corrected chi connectivity index (χ3v) is 5.29. The number of aromatic nitrogens is 5. The highest BCUT2D eigenvalue weighted by Crippen LogP contribution is 2.27. The number of benzene rings is 1. The summed E-state index contributed by atoms with van der Waals surface area (Å²) in [5, 5.41) is 7.60. The van der Waals surface area contributed by atoms with Crippen LogP contribution in [0.3, 0.4) is 0 Å². The summed E-state index contributed by atoms with van der Waals surface area (Å²) in [6, 6.07) is 13.7. The first-order valence-electron chi connectivity index (χ1n) is 10.7. The van der Waals surface area contributed by atoms with E-state index in [0.29, 0.717) is 43.5 Å². The first-order valence-corrected chi connectivity index (χ1v) is 10.7. The normalized spacial score (nSPS) is 14.3. The Hall–Kier alpha value is -3.72. The van der Waals surface area contributed by atoms with Crippen LogP contribution >= 0.6 is 0 Å². The lowest BCUT2D eigenvalue weighted by Crippen LogP contribution is -2.37. The van der Waals surface area contributed by atoms with Crippen molar-refractivity contribution in [3.8, 4) is 17.2 Å². The van der Waals surface area contributed by atoms with Crippen LogP contribution in [0.2, 0.25) is 0 Å². The van der Waals surface area contributed by atoms with E-state index in [1.807, 2.05) is 56.4 Å². The van der Waals surface area contributed by atoms with E-state index in [0.717, 1.165) is 22.6 Å². The van der Waals surface area contributed by atoms with Crippen molar-refractivity contribution < 1.29 is 9.53 Å². The van der Waals surface area contributed by atoms with Crippen molar-refractivity contribution in [2.45, 2.75) is 19.9 Å². The zero-order valence-corrected chi connectivity index (χ0v) is 18.1. The number of morpholine rings is 1. The van der Waals surface area contributed by atoms with Crippen molar-refractivity contribution in [2.24, 2.45) is 0 Å². The van der Waals surface area contributed by atoms with E-state index in [1.54, 1.807) is 10.7 Å².